The van der Waals surface area contributed by atoms with Crippen molar-refractivity contribution in [3.05, 3.63) is 0 Å². The predicted octanol–water partition coefficient (Wildman–Crippen LogP) is 1.28. The first-order chi connectivity index (χ1) is 7.63. The van der Waals surface area contributed by atoms with Crippen LogP contribution >= 0.6 is 11.8 Å². The van der Waals surface area contributed by atoms with Gasteiger partial charge in [0.1, 0.15) is 5.78 Å². The zero-order chi connectivity index (χ0) is 12.0. The number of ketones is 1. The number of Topliss-reactive ketones (excluding diaryl/α,β-unsaturated/α-hetero) is 1. The average Bonchev–Trinajstić information content (AvgIpc) is 2.61. The van der Waals surface area contributed by atoms with Gasteiger partial charge in [0, 0.05) is 12.2 Å². The number of hydrogen-bond acceptors (Lipinski definition) is 4. The van der Waals surface area contributed by atoms with Gasteiger partial charge in [0.05, 0.1) is 12.5 Å². The van der Waals surface area contributed by atoms with E-state index in [0.717, 1.165) is 18.6 Å². The fourth-order valence-corrected chi connectivity index (χ4v) is 2.45. The summed E-state index contributed by atoms with van der Waals surface area (Å²) < 4.78 is 0. The normalized spacial score (nSPS) is 19.8. The van der Waals surface area contributed by atoms with Gasteiger partial charge in [-0.05, 0) is 12.8 Å². The molecule has 0 aliphatic carbocycles. The lowest BCUT2D eigenvalue weighted by atomic mass is 10.1. The van der Waals surface area contributed by atoms with Crippen molar-refractivity contribution >= 4 is 28.6 Å². The van der Waals surface area contributed by atoms with E-state index in [0.29, 0.717) is 12.8 Å². The Kier molecular flexibility index (Phi) is 5.52. The Morgan fingerprint density at radius 3 is 2.81 bits per heavy atom. The van der Waals surface area contributed by atoms with Crippen molar-refractivity contribution in [3.8, 4) is 0 Å². The van der Waals surface area contributed by atoms with Crippen LogP contribution in [-0.2, 0) is 14.4 Å². The molecule has 4 nitrogen and oxygen atoms in total. The molecule has 0 spiro atoms. The summed E-state index contributed by atoms with van der Waals surface area (Å²) in [5.41, 5.74) is 0. The Morgan fingerprint density at radius 1 is 1.50 bits per heavy atom. The van der Waals surface area contributed by atoms with Crippen molar-refractivity contribution < 1.29 is 14.4 Å². The standard InChI is InChI=1S/C11H17NO3S/c1-2-3-4-8(13)7-10(14)12-9-5-6-16-11(9)15/h9H,2-7H2,1H3,(H,12,14)/t9-/m0/s1. The van der Waals surface area contributed by atoms with E-state index in [9.17, 15) is 14.4 Å². The van der Waals surface area contributed by atoms with E-state index >= 15 is 0 Å². The summed E-state index contributed by atoms with van der Waals surface area (Å²) in [4.78, 5) is 34.0. The van der Waals surface area contributed by atoms with E-state index in [-0.39, 0.29) is 29.3 Å². The van der Waals surface area contributed by atoms with E-state index < -0.39 is 0 Å². The number of rotatable bonds is 6. The second-order valence-corrected chi connectivity index (χ2v) is 4.99. The molecule has 5 heteroatoms. The third-order valence-electron chi connectivity index (χ3n) is 2.44. The summed E-state index contributed by atoms with van der Waals surface area (Å²) >= 11 is 1.24. The molecule has 1 N–H and O–H groups in total. The highest BCUT2D eigenvalue weighted by Gasteiger charge is 2.26. The lowest BCUT2D eigenvalue weighted by Crippen LogP contribution is -2.38. The maximum absolute atomic E-state index is 11.4. The Morgan fingerprint density at radius 2 is 2.25 bits per heavy atom. The molecule has 90 valence electrons. The van der Waals surface area contributed by atoms with E-state index in [1.54, 1.807) is 0 Å². The topological polar surface area (TPSA) is 63.2 Å². The number of amides is 1. The zero-order valence-electron chi connectivity index (χ0n) is 9.45. The van der Waals surface area contributed by atoms with Gasteiger partial charge in [-0.15, -0.1) is 0 Å². The average molecular weight is 243 g/mol. The number of thioether (sulfide) groups is 1. The van der Waals surface area contributed by atoms with Crippen molar-refractivity contribution in [2.45, 2.75) is 45.1 Å². The quantitative estimate of drug-likeness (QED) is 0.714. The first kappa shape index (κ1) is 13.2. The third-order valence-corrected chi connectivity index (χ3v) is 3.45. The largest absolute Gasteiger partial charge is 0.345 e. The van der Waals surface area contributed by atoms with Gasteiger partial charge < -0.3 is 5.32 Å². The lowest BCUT2D eigenvalue weighted by Gasteiger charge is -2.09. The molecule has 1 atom stereocenters. The van der Waals surface area contributed by atoms with Gasteiger partial charge in [0.15, 0.2) is 0 Å². The van der Waals surface area contributed by atoms with Crippen LogP contribution in [-0.4, -0.2) is 28.6 Å². The van der Waals surface area contributed by atoms with Crippen molar-refractivity contribution in [3.63, 3.8) is 0 Å². The molecule has 0 aromatic heterocycles. The number of carbonyl (C=O) groups is 3. The minimum absolute atomic E-state index is 0.00866. The third kappa shape index (κ3) is 4.35. The molecule has 1 fully saturated rings. The first-order valence-electron chi connectivity index (χ1n) is 5.61. The Hall–Kier alpha value is -0.840. The molecule has 1 amide bonds. The van der Waals surface area contributed by atoms with Gasteiger partial charge in [0.25, 0.3) is 0 Å². The highest BCUT2D eigenvalue weighted by Crippen LogP contribution is 2.19. The zero-order valence-corrected chi connectivity index (χ0v) is 10.3. The van der Waals surface area contributed by atoms with Crippen LogP contribution in [0.1, 0.15) is 39.0 Å². The van der Waals surface area contributed by atoms with Gasteiger partial charge in [-0.2, -0.15) is 0 Å². The van der Waals surface area contributed by atoms with Crippen molar-refractivity contribution in [1.29, 1.82) is 0 Å². The van der Waals surface area contributed by atoms with Crippen LogP contribution in [0.4, 0.5) is 0 Å². The Labute approximate surface area is 99.5 Å². The summed E-state index contributed by atoms with van der Waals surface area (Å²) in [6.45, 7) is 2.00. The molecule has 16 heavy (non-hydrogen) atoms. The molecule has 1 aliphatic heterocycles. The number of nitrogens with one attached hydrogen (secondary N) is 1. The smallest absolute Gasteiger partial charge is 0.228 e. The fourth-order valence-electron chi connectivity index (χ4n) is 1.51. The molecular formula is C11H17NO3S. The summed E-state index contributed by atoms with van der Waals surface area (Å²) in [7, 11) is 0. The molecule has 1 aliphatic rings. The monoisotopic (exact) mass is 243 g/mol. The molecule has 1 rings (SSSR count). The molecule has 0 aromatic rings. The molecule has 1 saturated heterocycles. The van der Waals surface area contributed by atoms with Crippen LogP contribution in [0, 0.1) is 0 Å². The van der Waals surface area contributed by atoms with Crippen molar-refractivity contribution in [2.75, 3.05) is 5.75 Å². The van der Waals surface area contributed by atoms with Crippen molar-refractivity contribution in [2.24, 2.45) is 0 Å². The summed E-state index contributed by atoms with van der Waals surface area (Å²) in [6, 6.07) is -0.378. The molecule has 0 aromatic carbocycles. The first-order valence-corrected chi connectivity index (χ1v) is 6.59. The number of carbonyl (C=O) groups excluding carboxylic acids is 3. The molecule has 1 heterocycles. The Bertz CT molecular complexity index is 291. The highest BCUT2D eigenvalue weighted by molar-refractivity contribution is 8.14. The van der Waals surface area contributed by atoms with Crippen LogP contribution in [0.25, 0.3) is 0 Å². The molecule has 0 saturated carbocycles. The molecular weight excluding hydrogens is 226 g/mol. The van der Waals surface area contributed by atoms with Gasteiger partial charge >= 0.3 is 0 Å². The van der Waals surface area contributed by atoms with Crippen LogP contribution in [0.3, 0.4) is 0 Å². The van der Waals surface area contributed by atoms with Gasteiger partial charge in [-0.3, -0.25) is 14.4 Å². The van der Waals surface area contributed by atoms with Crippen LogP contribution in [0.15, 0.2) is 0 Å². The maximum Gasteiger partial charge on any atom is 0.228 e. The number of hydrogen-bond donors (Lipinski definition) is 1. The summed E-state index contributed by atoms with van der Waals surface area (Å²) in [5, 5.41) is 2.61. The fraction of sp³-hybridized carbons (Fsp3) is 0.727. The van der Waals surface area contributed by atoms with Gasteiger partial charge in [0.2, 0.25) is 11.0 Å². The highest BCUT2D eigenvalue weighted by atomic mass is 32.2. The lowest BCUT2D eigenvalue weighted by molar-refractivity contribution is -0.130. The van der Waals surface area contributed by atoms with Crippen LogP contribution in [0.2, 0.25) is 0 Å². The summed E-state index contributed by atoms with van der Waals surface area (Å²) in [5.74, 6) is 0.396. The second kappa shape index (κ2) is 6.68. The van der Waals surface area contributed by atoms with E-state index in [1.165, 1.54) is 11.8 Å². The Balaban J connectivity index is 2.24. The predicted molar refractivity (Wildman–Crippen MR) is 63.2 cm³/mol. The molecule has 0 bridgehead atoms. The molecule has 0 radical (unpaired) electrons. The minimum atomic E-state index is -0.378. The SMILES string of the molecule is CCCCC(=O)CC(=O)N[C@H]1CCSC1=O. The van der Waals surface area contributed by atoms with Gasteiger partial charge in [-0.1, -0.05) is 25.1 Å². The van der Waals surface area contributed by atoms with Crippen LogP contribution in [0.5, 0.6) is 0 Å². The second-order valence-electron chi connectivity index (χ2n) is 3.90. The summed E-state index contributed by atoms with van der Waals surface area (Å²) in [6.07, 6.45) is 2.82. The van der Waals surface area contributed by atoms with E-state index in [1.807, 2.05) is 6.92 Å². The number of unbranched alkanes of at least 4 members (excludes halogenated alkanes) is 1. The maximum atomic E-state index is 11.4. The van der Waals surface area contributed by atoms with E-state index in [2.05, 4.69) is 5.32 Å². The van der Waals surface area contributed by atoms with Crippen LogP contribution < -0.4 is 5.32 Å². The van der Waals surface area contributed by atoms with Crippen molar-refractivity contribution in [1.82, 2.24) is 5.32 Å². The molecule has 0 unspecified atom stereocenters. The van der Waals surface area contributed by atoms with Gasteiger partial charge in [-0.25, -0.2) is 0 Å². The van der Waals surface area contributed by atoms with E-state index in [4.69, 9.17) is 0 Å². The minimum Gasteiger partial charge on any atom is -0.345 e.